The van der Waals surface area contributed by atoms with Crippen molar-refractivity contribution < 1.29 is 51.0 Å². The summed E-state index contributed by atoms with van der Waals surface area (Å²) in [5.74, 6) is 2.05. The van der Waals surface area contributed by atoms with Crippen LogP contribution in [0.1, 0.15) is 160 Å². The van der Waals surface area contributed by atoms with Crippen LogP contribution >= 0.6 is 0 Å². The third-order valence-electron chi connectivity index (χ3n) is 12.3. The molecule has 1 saturated carbocycles. The molecule has 2 aromatic rings. The van der Waals surface area contributed by atoms with Gasteiger partial charge in [0.05, 0.1) is 0 Å². The molecule has 6 rings (SSSR count). The van der Waals surface area contributed by atoms with Gasteiger partial charge in [-0.15, -0.1) is 0 Å². The standard InChI is InChI=1S/C43H60.2ClH.Zr/c1-13-43(25-35(28-17-15-14-16-18-28)32-21-29(22-38(32)43)40(4,5)6)39-33-19-26(2)36(41(7,8)9)23-30(33)31-24-37(42(10,11)12)27(3)20-34(31)39;;;/h19-20,22-24,28,35,39H,13-18,21,25H2,1-12H3;2*1H;/q;;;+2/p-2. The maximum absolute atomic E-state index is 2.74. The first-order valence-electron chi connectivity index (χ1n) is 17.7. The minimum absolute atomic E-state index is 0. The SMILES string of the molecule is CCC1(C2c3cc(C)c(C(C)(C)C)cc3-c3cc(C(C)(C)C)c(C)cc32)CC(C2CCCCC2)C2=C1C=C(C(C)(C)C)C2.[Cl-].[Cl-].[Zr+2]. The van der Waals surface area contributed by atoms with E-state index in [0.29, 0.717) is 5.92 Å². The number of aryl methyl sites for hydroxylation is 2. The molecule has 3 heteroatoms. The van der Waals surface area contributed by atoms with Crippen LogP contribution in [0.25, 0.3) is 11.1 Å². The van der Waals surface area contributed by atoms with Crippen molar-refractivity contribution in [2.45, 2.75) is 151 Å². The van der Waals surface area contributed by atoms with Gasteiger partial charge in [0.1, 0.15) is 0 Å². The predicted molar refractivity (Wildman–Crippen MR) is 187 cm³/mol. The second-order valence-corrected chi connectivity index (χ2v) is 18.2. The summed E-state index contributed by atoms with van der Waals surface area (Å²) < 4.78 is 0. The van der Waals surface area contributed by atoms with E-state index in [9.17, 15) is 0 Å². The minimum atomic E-state index is 0. The first kappa shape index (κ1) is 39.8. The number of rotatable bonds is 3. The van der Waals surface area contributed by atoms with E-state index in [1.165, 1.54) is 84.7 Å². The van der Waals surface area contributed by atoms with Crippen molar-refractivity contribution in [3.8, 4) is 11.1 Å². The van der Waals surface area contributed by atoms with Crippen LogP contribution in [0.3, 0.4) is 0 Å². The van der Waals surface area contributed by atoms with Crippen molar-refractivity contribution in [2.24, 2.45) is 22.7 Å². The second kappa shape index (κ2) is 13.6. The van der Waals surface area contributed by atoms with Gasteiger partial charge in [-0.25, -0.2) is 0 Å². The Balaban J connectivity index is 0.00000192. The normalized spacial score (nSPS) is 23.2. The molecule has 0 saturated heterocycles. The number of halogens is 2. The molecule has 0 radical (unpaired) electrons. The van der Waals surface area contributed by atoms with Gasteiger partial charge in [-0.05, 0) is 124 Å². The maximum Gasteiger partial charge on any atom is 2.00 e. The van der Waals surface area contributed by atoms with Crippen molar-refractivity contribution in [1.82, 2.24) is 0 Å². The third-order valence-corrected chi connectivity index (χ3v) is 12.3. The molecule has 0 amide bonds. The van der Waals surface area contributed by atoms with Gasteiger partial charge in [0.25, 0.3) is 0 Å². The Kier molecular flexibility index (Phi) is 11.8. The summed E-state index contributed by atoms with van der Waals surface area (Å²) in [5, 5.41) is 0. The summed E-state index contributed by atoms with van der Waals surface area (Å²) in [4.78, 5) is 0. The van der Waals surface area contributed by atoms with Gasteiger partial charge in [-0.3, -0.25) is 0 Å². The van der Waals surface area contributed by atoms with E-state index in [0.717, 1.165) is 11.8 Å². The molecule has 46 heavy (non-hydrogen) atoms. The Labute approximate surface area is 314 Å². The molecule has 0 spiro atoms. The van der Waals surface area contributed by atoms with Gasteiger partial charge in [-0.1, -0.05) is 130 Å². The summed E-state index contributed by atoms with van der Waals surface area (Å²) in [6, 6.07) is 10.5. The molecule has 4 aliphatic carbocycles. The van der Waals surface area contributed by atoms with Crippen LogP contribution in [-0.4, -0.2) is 0 Å². The summed E-state index contributed by atoms with van der Waals surface area (Å²) in [7, 11) is 0. The average Bonchev–Trinajstić information content (AvgIpc) is 3.56. The van der Waals surface area contributed by atoms with Crippen molar-refractivity contribution in [3.63, 3.8) is 0 Å². The molecular formula is C43H60Cl2Zr. The Bertz CT molecular complexity index is 1440. The van der Waals surface area contributed by atoms with Crippen LogP contribution in [0.2, 0.25) is 0 Å². The molecule has 0 N–H and O–H groups in total. The van der Waals surface area contributed by atoms with Crippen molar-refractivity contribution in [3.05, 3.63) is 80.4 Å². The molecule has 1 fully saturated rings. The fourth-order valence-corrected chi connectivity index (χ4v) is 10.1. The molecule has 2 atom stereocenters. The zero-order chi connectivity index (χ0) is 31.3. The monoisotopic (exact) mass is 736 g/mol. The van der Waals surface area contributed by atoms with Crippen LogP contribution in [0, 0.1) is 36.5 Å². The van der Waals surface area contributed by atoms with Crippen LogP contribution in [0.5, 0.6) is 0 Å². The minimum Gasteiger partial charge on any atom is -1.00 e. The van der Waals surface area contributed by atoms with Gasteiger partial charge in [-0.2, -0.15) is 0 Å². The van der Waals surface area contributed by atoms with Gasteiger partial charge >= 0.3 is 26.2 Å². The molecule has 2 aromatic carbocycles. The number of allylic oxidation sites excluding steroid dienone is 4. The first-order chi connectivity index (χ1) is 20.0. The van der Waals surface area contributed by atoms with E-state index in [4.69, 9.17) is 0 Å². The maximum atomic E-state index is 2.74. The van der Waals surface area contributed by atoms with E-state index in [-0.39, 0.29) is 72.7 Å². The summed E-state index contributed by atoms with van der Waals surface area (Å²) in [6.07, 6.45) is 13.7. The Hall–Kier alpha value is -0.617. The molecule has 0 bridgehead atoms. The molecule has 250 valence electrons. The zero-order valence-corrected chi connectivity index (χ0v) is 35.0. The quantitative estimate of drug-likeness (QED) is 0.330. The average molecular weight is 739 g/mol. The van der Waals surface area contributed by atoms with Gasteiger partial charge < -0.3 is 24.8 Å². The summed E-state index contributed by atoms with van der Waals surface area (Å²) >= 11 is 0. The Morgan fingerprint density at radius 3 is 1.59 bits per heavy atom. The van der Waals surface area contributed by atoms with Gasteiger partial charge in [0.15, 0.2) is 0 Å². The first-order valence-corrected chi connectivity index (χ1v) is 17.7. The van der Waals surface area contributed by atoms with Crippen LogP contribution < -0.4 is 24.8 Å². The molecule has 0 nitrogen and oxygen atoms in total. The van der Waals surface area contributed by atoms with Gasteiger partial charge in [0.2, 0.25) is 0 Å². The van der Waals surface area contributed by atoms with Crippen LogP contribution in [-0.2, 0) is 37.0 Å². The third kappa shape index (κ3) is 6.51. The fourth-order valence-electron chi connectivity index (χ4n) is 10.1. The number of hydrogen-bond acceptors (Lipinski definition) is 0. The molecular weight excluding hydrogens is 679 g/mol. The number of benzene rings is 2. The molecule has 2 unspecified atom stereocenters. The number of fused-ring (bicyclic) bond motifs is 3. The van der Waals surface area contributed by atoms with E-state index in [2.05, 4.69) is 113 Å². The second-order valence-electron chi connectivity index (χ2n) is 18.2. The Morgan fingerprint density at radius 2 is 1.17 bits per heavy atom. The van der Waals surface area contributed by atoms with Crippen molar-refractivity contribution >= 4 is 0 Å². The predicted octanol–water partition coefficient (Wildman–Crippen LogP) is 6.69. The van der Waals surface area contributed by atoms with E-state index >= 15 is 0 Å². The summed E-state index contributed by atoms with van der Waals surface area (Å²) in [6.45, 7) is 28.9. The molecule has 0 aromatic heterocycles. The van der Waals surface area contributed by atoms with Crippen molar-refractivity contribution in [2.75, 3.05) is 0 Å². The fraction of sp³-hybridized carbons (Fsp3) is 0.628. The Morgan fingerprint density at radius 1 is 0.696 bits per heavy atom. The zero-order valence-electron chi connectivity index (χ0n) is 31.0. The van der Waals surface area contributed by atoms with Crippen LogP contribution in [0.15, 0.2) is 47.1 Å². The van der Waals surface area contributed by atoms with Gasteiger partial charge in [0, 0.05) is 11.3 Å². The molecule has 0 heterocycles. The number of hydrogen-bond donors (Lipinski definition) is 0. The van der Waals surface area contributed by atoms with E-state index in [1.54, 1.807) is 22.3 Å². The largest absolute Gasteiger partial charge is 2.00 e. The van der Waals surface area contributed by atoms with Crippen LogP contribution in [0.4, 0.5) is 0 Å². The molecule has 0 aliphatic heterocycles. The molecule has 4 aliphatic rings. The van der Waals surface area contributed by atoms with Crippen molar-refractivity contribution in [1.29, 1.82) is 0 Å². The van der Waals surface area contributed by atoms with E-state index < -0.39 is 0 Å². The summed E-state index contributed by atoms with van der Waals surface area (Å²) in [5.41, 5.74) is 18.1. The smallest absolute Gasteiger partial charge is 1.00 e. The van der Waals surface area contributed by atoms with E-state index in [1.807, 2.05) is 5.57 Å². The topological polar surface area (TPSA) is 0 Å².